The summed E-state index contributed by atoms with van der Waals surface area (Å²) in [6.45, 7) is 14.2. The van der Waals surface area contributed by atoms with Crippen LogP contribution in [0.25, 0.3) is 44.5 Å². The van der Waals surface area contributed by atoms with Crippen LogP contribution in [0.15, 0.2) is 188 Å². The zero-order valence-corrected chi connectivity index (χ0v) is 38.8. The summed E-state index contributed by atoms with van der Waals surface area (Å²) in [5, 5.41) is 6.00. The SMILES string of the molecule is Cc1ccc2c(c1)C1(c3cc(C(C)(C)C)ccc3-2)c2ccccc2N(c2ccc3c(c2)[Si]2(c4ccccc4-c4ccccc42)c2ccccc2-3)c2ccc3c(c21)-c1ccccc1C3(C)C. The van der Waals surface area contributed by atoms with Gasteiger partial charge in [0.05, 0.1) is 16.8 Å². The van der Waals surface area contributed by atoms with Crippen molar-refractivity contribution in [1.82, 2.24) is 0 Å². The van der Waals surface area contributed by atoms with Gasteiger partial charge in [-0.2, -0.15) is 0 Å². The molecule has 0 saturated heterocycles. The van der Waals surface area contributed by atoms with Crippen LogP contribution >= 0.6 is 0 Å². The molecular weight excluding hydrogens is 799 g/mol. The molecule has 65 heavy (non-hydrogen) atoms. The van der Waals surface area contributed by atoms with Crippen molar-refractivity contribution < 1.29 is 0 Å². The normalized spacial score (nSPS) is 17.7. The summed E-state index contributed by atoms with van der Waals surface area (Å²) in [5.74, 6) is 0. The maximum atomic E-state index is 2.66. The molecule has 5 aliphatic rings. The molecule has 2 aliphatic carbocycles. The van der Waals surface area contributed by atoms with Gasteiger partial charge >= 0.3 is 0 Å². The molecule has 2 heteroatoms. The van der Waals surface area contributed by atoms with Crippen molar-refractivity contribution in [2.45, 2.75) is 57.8 Å². The molecule has 9 aromatic carbocycles. The second-order valence-electron chi connectivity index (χ2n) is 20.8. The molecule has 310 valence electrons. The number of rotatable bonds is 1. The number of para-hydroxylation sites is 1. The molecule has 0 amide bonds. The monoisotopic (exact) mass is 847 g/mol. The molecule has 0 radical (unpaired) electrons. The smallest absolute Gasteiger partial charge is 0.182 e. The zero-order valence-electron chi connectivity index (χ0n) is 37.8. The fourth-order valence-electron chi connectivity index (χ4n) is 13.6. The molecule has 2 spiro atoms. The Balaban J connectivity index is 1.13. The first-order valence-electron chi connectivity index (χ1n) is 23.4. The van der Waals surface area contributed by atoms with Crippen molar-refractivity contribution in [3.05, 3.63) is 233 Å². The lowest BCUT2D eigenvalue weighted by Gasteiger charge is -2.46. The summed E-state index contributed by atoms with van der Waals surface area (Å²) in [5.41, 5.74) is 24.9. The van der Waals surface area contributed by atoms with Gasteiger partial charge in [-0.1, -0.05) is 204 Å². The summed E-state index contributed by atoms with van der Waals surface area (Å²) in [6, 6.07) is 73.7. The van der Waals surface area contributed by atoms with Gasteiger partial charge < -0.3 is 4.90 Å². The molecule has 0 saturated carbocycles. The van der Waals surface area contributed by atoms with Gasteiger partial charge in [-0.3, -0.25) is 0 Å². The van der Waals surface area contributed by atoms with Crippen molar-refractivity contribution in [2.24, 2.45) is 0 Å². The van der Waals surface area contributed by atoms with E-state index in [4.69, 9.17) is 0 Å². The topological polar surface area (TPSA) is 3.24 Å². The van der Waals surface area contributed by atoms with E-state index < -0.39 is 13.5 Å². The second kappa shape index (κ2) is 12.4. The van der Waals surface area contributed by atoms with E-state index in [9.17, 15) is 0 Å². The lowest BCUT2D eigenvalue weighted by Crippen LogP contribution is -2.70. The molecule has 1 nitrogen and oxygen atoms in total. The van der Waals surface area contributed by atoms with Crippen LogP contribution in [0.4, 0.5) is 17.1 Å². The van der Waals surface area contributed by atoms with Crippen LogP contribution in [0.2, 0.25) is 0 Å². The van der Waals surface area contributed by atoms with Crippen LogP contribution in [0.3, 0.4) is 0 Å². The summed E-state index contributed by atoms with van der Waals surface area (Å²) in [6.07, 6.45) is 0. The Morgan fingerprint density at radius 2 is 0.954 bits per heavy atom. The third-order valence-corrected chi connectivity index (χ3v) is 21.2. The number of anilines is 3. The van der Waals surface area contributed by atoms with Crippen LogP contribution < -0.4 is 25.6 Å². The van der Waals surface area contributed by atoms with Crippen molar-refractivity contribution >= 4 is 45.9 Å². The predicted octanol–water partition coefficient (Wildman–Crippen LogP) is 13.1. The Bertz CT molecular complexity index is 3540. The fraction of sp³-hybridized carbons (Fsp3) is 0.143. The van der Waals surface area contributed by atoms with E-state index in [1.165, 1.54) is 127 Å². The summed E-state index contributed by atoms with van der Waals surface area (Å²) in [7, 11) is -2.70. The average Bonchev–Trinajstić information content (AvgIpc) is 3.97. The van der Waals surface area contributed by atoms with E-state index in [1.807, 2.05) is 0 Å². The highest BCUT2D eigenvalue weighted by Crippen LogP contribution is 2.67. The molecule has 1 atom stereocenters. The summed E-state index contributed by atoms with van der Waals surface area (Å²) in [4.78, 5) is 2.66. The highest BCUT2D eigenvalue weighted by atomic mass is 28.3. The maximum absolute atomic E-state index is 2.70. The minimum absolute atomic E-state index is 0.0312. The molecule has 3 aliphatic heterocycles. The van der Waals surface area contributed by atoms with Gasteiger partial charge in [-0.05, 0) is 135 Å². The number of hydrogen-bond acceptors (Lipinski definition) is 1. The first kappa shape index (κ1) is 37.4. The third-order valence-electron chi connectivity index (χ3n) is 16.3. The van der Waals surface area contributed by atoms with Crippen LogP contribution in [0, 0.1) is 6.92 Å². The Labute approximate surface area is 383 Å². The van der Waals surface area contributed by atoms with E-state index in [0.717, 1.165) is 0 Å². The lowest BCUT2D eigenvalue weighted by molar-refractivity contribution is 0.588. The highest BCUT2D eigenvalue weighted by molar-refractivity contribution is 7.24. The number of hydrogen-bond donors (Lipinski definition) is 0. The maximum Gasteiger partial charge on any atom is 0.182 e. The van der Waals surface area contributed by atoms with Crippen LogP contribution in [-0.4, -0.2) is 8.07 Å². The minimum Gasteiger partial charge on any atom is -0.310 e. The zero-order chi connectivity index (χ0) is 43.8. The van der Waals surface area contributed by atoms with Crippen LogP contribution in [0.1, 0.15) is 79.1 Å². The number of benzene rings is 9. The molecule has 0 bridgehead atoms. The van der Waals surface area contributed by atoms with Gasteiger partial charge in [0, 0.05) is 16.7 Å². The van der Waals surface area contributed by atoms with Crippen LogP contribution in [0.5, 0.6) is 0 Å². The van der Waals surface area contributed by atoms with Crippen molar-refractivity contribution in [3.8, 4) is 44.5 Å². The van der Waals surface area contributed by atoms with Gasteiger partial charge in [-0.25, -0.2) is 0 Å². The second-order valence-corrected chi connectivity index (χ2v) is 24.5. The van der Waals surface area contributed by atoms with E-state index in [0.29, 0.717) is 0 Å². The molecular formula is C63H49NSi. The molecule has 1 unspecified atom stereocenters. The first-order valence-corrected chi connectivity index (χ1v) is 25.4. The first-order chi connectivity index (χ1) is 31.6. The molecule has 3 heterocycles. The van der Waals surface area contributed by atoms with Crippen molar-refractivity contribution in [3.63, 3.8) is 0 Å². The van der Waals surface area contributed by atoms with Crippen molar-refractivity contribution in [1.29, 1.82) is 0 Å². The van der Waals surface area contributed by atoms with E-state index in [2.05, 4.69) is 234 Å². The molecule has 14 rings (SSSR count). The summed E-state index contributed by atoms with van der Waals surface area (Å²) < 4.78 is 0. The number of nitrogens with zero attached hydrogens (tertiary/aromatic N) is 1. The Kier molecular flexibility index (Phi) is 7.14. The van der Waals surface area contributed by atoms with E-state index >= 15 is 0 Å². The number of fused-ring (bicyclic) bond motifs is 23. The fourth-order valence-corrected chi connectivity index (χ4v) is 19.2. The Hall–Kier alpha value is -7.00. The standard InChI is InChI=1S/C63H49NSi/c1-38-27-30-41-42-31-28-39(61(2,3)4)36-52(42)63(51(41)35-38)49-22-12-13-23-53(49)64(54-34-33-50-59(60(54)63)47-20-7-11-21-48(47)62(50,5)6)40-29-32-46-45-19-10-16-26-57(45)65(58(46)37-40)55-24-14-8-17-43(55)44-18-9-15-25-56(44)65/h7-37H,1-6H3. The molecule has 0 fully saturated rings. The molecule has 0 N–H and O–H groups in total. The quantitative estimate of drug-likeness (QED) is 0.149. The van der Waals surface area contributed by atoms with Crippen LogP contribution in [-0.2, 0) is 16.2 Å². The molecule has 0 aromatic heterocycles. The van der Waals surface area contributed by atoms with Gasteiger partial charge in [0.2, 0.25) is 0 Å². The van der Waals surface area contributed by atoms with E-state index in [-0.39, 0.29) is 10.8 Å². The third kappa shape index (κ3) is 4.40. The molecule has 9 aromatic rings. The van der Waals surface area contributed by atoms with Gasteiger partial charge in [0.25, 0.3) is 0 Å². The average molecular weight is 848 g/mol. The van der Waals surface area contributed by atoms with E-state index in [1.54, 1.807) is 0 Å². The Morgan fingerprint density at radius 3 is 1.62 bits per heavy atom. The van der Waals surface area contributed by atoms with Gasteiger partial charge in [-0.15, -0.1) is 0 Å². The van der Waals surface area contributed by atoms with Gasteiger partial charge in [0.1, 0.15) is 0 Å². The predicted molar refractivity (Wildman–Crippen MR) is 275 cm³/mol. The highest BCUT2D eigenvalue weighted by Gasteiger charge is 2.57. The minimum atomic E-state index is -2.70. The number of aryl methyl sites for hydroxylation is 1. The lowest BCUT2D eigenvalue weighted by atomic mass is 9.62. The van der Waals surface area contributed by atoms with Crippen molar-refractivity contribution in [2.75, 3.05) is 4.90 Å². The largest absolute Gasteiger partial charge is 0.310 e. The van der Waals surface area contributed by atoms with Gasteiger partial charge in [0.15, 0.2) is 8.07 Å². The summed E-state index contributed by atoms with van der Waals surface area (Å²) >= 11 is 0. The Morgan fingerprint density at radius 1 is 0.415 bits per heavy atom.